The molecule has 0 N–H and O–H groups in total. The summed E-state index contributed by atoms with van der Waals surface area (Å²) < 4.78 is 66.2. The van der Waals surface area contributed by atoms with Crippen LogP contribution in [0.1, 0.15) is 35.3 Å². The van der Waals surface area contributed by atoms with E-state index in [-0.39, 0.29) is 17.0 Å². The number of non-ortho nitro benzene ring substituents is 1. The Morgan fingerprint density at radius 1 is 0.909 bits per heavy atom. The van der Waals surface area contributed by atoms with Crippen LogP contribution in [0.5, 0.6) is 0 Å². The highest BCUT2D eigenvalue weighted by Crippen LogP contribution is 2.45. The highest BCUT2D eigenvalue weighted by Gasteiger charge is 2.43. The van der Waals surface area contributed by atoms with E-state index in [1.54, 1.807) is 30.3 Å². The van der Waals surface area contributed by atoms with Gasteiger partial charge >= 0.3 is 6.18 Å². The van der Waals surface area contributed by atoms with Crippen molar-refractivity contribution in [3.05, 3.63) is 106 Å². The van der Waals surface area contributed by atoms with Gasteiger partial charge in [-0.2, -0.15) is 13.2 Å². The van der Waals surface area contributed by atoms with E-state index in [1.165, 1.54) is 12.1 Å². The Morgan fingerprint density at radius 3 is 2.06 bits per heavy atom. The molecule has 1 heterocycles. The van der Waals surface area contributed by atoms with Gasteiger partial charge in [-0.25, -0.2) is 8.42 Å². The number of nitro benzene ring substituents is 1. The number of nitrogens with zero attached hydrogens (tertiary/aromatic N) is 2. The summed E-state index contributed by atoms with van der Waals surface area (Å²) in [7, 11) is -4.24. The number of alkyl halides is 3. The van der Waals surface area contributed by atoms with Gasteiger partial charge in [0.05, 0.1) is 21.4 Å². The van der Waals surface area contributed by atoms with Gasteiger partial charge in [0.15, 0.2) is 0 Å². The monoisotopic (exact) mass is 478 g/mol. The lowest BCUT2D eigenvalue weighted by Gasteiger charge is -2.22. The molecule has 33 heavy (non-hydrogen) atoms. The molecule has 3 aromatic carbocycles. The Labute approximate surface area is 187 Å². The molecule has 11 heteroatoms. The second-order valence-electron chi connectivity index (χ2n) is 7.39. The number of hydroxylamine groups is 1. The van der Waals surface area contributed by atoms with Crippen molar-refractivity contribution >= 4 is 15.7 Å². The average molecular weight is 478 g/mol. The normalized spacial score (nSPS) is 19.5. The van der Waals surface area contributed by atoms with Crippen LogP contribution < -0.4 is 0 Å². The first-order chi connectivity index (χ1) is 15.6. The van der Waals surface area contributed by atoms with E-state index < -0.39 is 38.8 Å². The average Bonchev–Trinajstić information content (AvgIpc) is 3.26. The van der Waals surface area contributed by atoms with Crippen molar-refractivity contribution in [3.63, 3.8) is 0 Å². The van der Waals surface area contributed by atoms with Crippen molar-refractivity contribution in [2.75, 3.05) is 0 Å². The van der Waals surface area contributed by atoms with Gasteiger partial charge in [0, 0.05) is 18.6 Å². The summed E-state index contributed by atoms with van der Waals surface area (Å²) in [6.07, 6.45) is -5.14. The van der Waals surface area contributed by atoms with Gasteiger partial charge in [0.1, 0.15) is 6.10 Å². The summed E-state index contributed by atoms with van der Waals surface area (Å²) in [4.78, 5) is 15.8. The molecule has 1 saturated heterocycles. The van der Waals surface area contributed by atoms with Crippen molar-refractivity contribution in [1.82, 2.24) is 4.47 Å². The zero-order chi connectivity index (χ0) is 23.8. The Bertz CT molecular complexity index is 1250. The molecule has 0 amide bonds. The molecular formula is C22H17F3N2O5S. The topological polar surface area (TPSA) is 89.8 Å². The largest absolute Gasteiger partial charge is 0.416 e. The minimum atomic E-state index is -4.49. The molecule has 1 aliphatic heterocycles. The van der Waals surface area contributed by atoms with Gasteiger partial charge in [-0.05, 0) is 35.4 Å². The third-order valence-corrected chi connectivity index (χ3v) is 6.98. The van der Waals surface area contributed by atoms with Crippen LogP contribution in [0.2, 0.25) is 0 Å². The van der Waals surface area contributed by atoms with E-state index in [9.17, 15) is 31.7 Å². The first-order valence-corrected chi connectivity index (χ1v) is 11.2. The molecule has 0 saturated carbocycles. The van der Waals surface area contributed by atoms with Crippen molar-refractivity contribution < 1.29 is 31.3 Å². The van der Waals surface area contributed by atoms with Crippen molar-refractivity contribution in [3.8, 4) is 0 Å². The molecule has 2 unspecified atom stereocenters. The predicted molar refractivity (Wildman–Crippen MR) is 111 cm³/mol. The predicted octanol–water partition coefficient (Wildman–Crippen LogP) is 5.42. The molecule has 3 aromatic rings. The molecule has 1 fully saturated rings. The summed E-state index contributed by atoms with van der Waals surface area (Å²) in [5, 5.41) is 10.9. The van der Waals surface area contributed by atoms with E-state index >= 15 is 0 Å². The van der Waals surface area contributed by atoms with Crippen LogP contribution in [-0.4, -0.2) is 17.8 Å². The molecular weight excluding hydrogens is 461 g/mol. The molecule has 0 bridgehead atoms. The van der Waals surface area contributed by atoms with Crippen molar-refractivity contribution in [2.45, 2.75) is 29.6 Å². The van der Waals surface area contributed by atoms with Gasteiger partial charge < -0.3 is 0 Å². The van der Waals surface area contributed by atoms with E-state index in [0.29, 0.717) is 11.1 Å². The number of benzene rings is 3. The van der Waals surface area contributed by atoms with Crippen LogP contribution in [0.4, 0.5) is 18.9 Å². The summed E-state index contributed by atoms with van der Waals surface area (Å²) in [6.45, 7) is 0. The summed E-state index contributed by atoms with van der Waals surface area (Å²) in [5.41, 5.74) is -0.0551. The number of hydrogen-bond donors (Lipinski definition) is 0. The number of sulfonamides is 1. The summed E-state index contributed by atoms with van der Waals surface area (Å²) in [5.74, 6) is 0. The molecule has 0 radical (unpaired) electrons. The van der Waals surface area contributed by atoms with Gasteiger partial charge in [-0.1, -0.05) is 46.9 Å². The number of hydrogen-bond acceptors (Lipinski definition) is 5. The van der Waals surface area contributed by atoms with Crippen molar-refractivity contribution in [2.24, 2.45) is 0 Å². The number of rotatable bonds is 5. The van der Waals surface area contributed by atoms with Crippen LogP contribution in [0.25, 0.3) is 0 Å². The smallest absolute Gasteiger partial charge is 0.275 e. The first-order valence-electron chi connectivity index (χ1n) is 9.75. The fourth-order valence-electron chi connectivity index (χ4n) is 3.62. The molecule has 4 rings (SSSR count). The quantitative estimate of drug-likeness (QED) is 0.361. The van der Waals surface area contributed by atoms with Crippen LogP contribution in [0, 0.1) is 10.1 Å². The Morgan fingerprint density at radius 2 is 1.52 bits per heavy atom. The highest BCUT2D eigenvalue weighted by molar-refractivity contribution is 7.89. The molecule has 172 valence electrons. The lowest BCUT2D eigenvalue weighted by molar-refractivity contribution is -0.384. The second-order valence-corrected chi connectivity index (χ2v) is 9.17. The number of halogens is 3. The van der Waals surface area contributed by atoms with E-state index in [2.05, 4.69) is 0 Å². The van der Waals surface area contributed by atoms with Gasteiger partial charge in [-0.15, -0.1) is 0 Å². The highest BCUT2D eigenvalue weighted by atomic mass is 32.2. The maximum absolute atomic E-state index is 13.3. The van der Waals surface area contributed by atoms with E-state index in [4.69, 9.17) is 4.84 Å². The third kappa shape index (κ3) is 4.61. The SMILES string of the molecule is O=[N+]([O-])c1ccc(S(=O)(=O)N2OC(c3ccc(C(F)(F)F)cc3)CC2c2ccccc2)cc1. The van der Waals surface area contributed by atoms with Crippen LogP contribution in [-0.2, 0) is 21.0 Å². The van der Waals surface area contributed by atoms with Gasteiger partial charge in [-0.3, -0.25) is 15.0 Å². The maximum atomic E-state index is 13.3. The Hall–Kier alpha value is -3.28. The van der Waals surface area contributed by atoms with Gasteiger partial charge in [0.2, 0.25) is 0 Å². The minimum Gasteiger partial charge on any atom is -0.275 e. The third-order valence-electron chi connectivity index (χ3n) is 5.30. The summed E-state index contributed by atoms with van der Waals surface area (Å²) >= 11 is 0. The molecule has 0 aromatic heterocycles. The molecule has 2 atom stereocenters. The first kappa shape index (κ1) is 22.9. The molecule has 0 aliphatic carbocycles. The Balaban J connectivity index is 1.69. The minimum absolute atomic E-state index is 0.168. The van der Waals surface area contributed by atoms with Crippen LogP contribution in [0.15, 0.2) is 83.8 Å². The Kier molecular flexibility index (Phi) is 5.95. The standard InChI is InChI=1S/C22H17F3N2O5S/c23-22(24,25)17-8-6-16(7-9-17)21-14-20(15-4-2-1-3-5-15)27(32-21)33(30,31)19-12-10-18(11-13-19)26(28)29/h1-13,20-21H,14H2. The fourth-order valence-corrected chi connectivity index (χ4v) is 5.06. The van der Waals surface area contributed by atoms with E-state index in [0.717, 1.165) is 40.9 Å². The lowest BCUT2D eigenvalue weighted by atomic mass is 9.98. The maximum Gasteiger partial charge on any atom is 0.416 e. The second kappa shape index (κ2) is 8.58. The van der Waals surface area contributed by atoms with Crippen LogP contribution >= 0.6 is 0 Å². The zero-order valence-electron chi connectivity index (χ0n) is 16.8. The molecule has 7 nitrogen and oxygen atoms in total. The lowest BCUT2D eigenvalue weighted by Crippen LogP contribution is -2.29. The summed E-state index contributed by atoms with van der Waals surface area (Å²) in [6, 6.07) is 16.7. The molecule has 1 aliphatic rings. The fraction of sp³-hybridized carbons (Fsp3) is 0.182. The van der Waals surface area contributed by atoms with E-state index in [1.807, 2.05) is 0 Å². The molecule has 0 spiro atoms. The van der Waals surface area contributed by atoms with Gasteiger partial charge in [0.25, 0.3) is 15.7 Å². The number of nitro groups is 1. The van der Waals surface area contributed by atoms with Crippen molar-refractivity contribution in [1.29, 1.82) is 0 Å². The zero-order valence-corrected chi connectivity index (χ0v) is 17.7. The van der Waals surface area contributed by atoms with Crippen LogP contribution in [0.3, 0.4) is 0 Å².